The quantitative estimate of drug-likeness (QED) is 0.620. The summed E-state index contributed by atoms with van der Waals surface area (Å²) >= 11 is 0. The molecule has 2 heterocycles. The number of furan rings is 1. The maximum Gasteiger partial charge on any atom is 0.451 e. The zero-order chi connectivity index (χ0) is 18.1. The molecule has 0 aliphatic carbocycles. The van der Waals surface area contributed by atoms with Gasteiger partial charge in [-0.15, -0.1) is 5.10 Å². The van der Waals surface area contributed by atoms with Crippen molar-refractivity contribution < 1.29 is 27.3 Å². The van der Waals surface area contributed by atoms with E-state index in [9.17, 15) is 32.9 Å². The Hall–Kier alpha value is -3.12. The van der Waals surface area contributed by atoms with Crippen LogP contribution in [0.25, 0.3) is 0 Å². The van der Waals surface area contributed by atoms with Crippen LogP contribution in [0, 0.1) is 10.1 Å². The lowest BCUT2D eigenvalue weighted by molar-refractivity contribution is -0.402. The van der Waals surface area contributed by atoms with Crippen LogP contribution in [-0.2, 0) is 19.8 Å². The molecule has 24 heavy (non-hydrogen) atoms. The van der Waals surface area contributed by atoms with Crippen molar-refractivity contribution in [3.05, 3.63) is 44.3 Å². The first-order valence-electron chi connectivity index (χ1n) is 6.34. The van der Waals surface area contributed by atoms with Gasteiger partial charge in [-0.05, 0) is 6.07 Å². The SMILES string of the molecule is Cn1c(C(F)(F)F)nn(CCNC(=O)c2ccc([N+](=O)[O-])o2)c1=O. The fraction of sp³-hybridized carbons (Fsp3) is 0.364. The van der Waals surface area contributed by atoms with Gasteiger partial charge in [0.2, 0.25) is 5.82 Å². The molecule has 0 aliphatic heterocycles. The number of aromatic nitrogens is 3. The highest BCUT2D eigenvalue weighted by Crippen LogP contribution is 2.25. The Kier molecular flexibility index (Phi) is 4.43. The zero-order valence-electron chi connectivity index (χ0n) is 12.0. The molecule has 0 saturated heterocycles. The topological polar surface area (TPSA) is 125 Å². The molecule has 0 bridgehead atoms. The van der Waals surface area contributed by atoms with E-state index >= 15 is 0 Å². The van der Waals surface area contributed by atoms with E-state index in [-0.39, 0.29) is 18.8 Å². The summed E-state index contributed by atoms with van der Waals surface area (Å²) < 4.78 is 43.4. The lowest BCUT2D eigenvalue weighted by Gasteiger charge is -2.03. The summed E-state index contributed by atoms with van der Waals surface area (Å²) in [6, 6.07) is 2.05. The van der Waals surface area contributed by atoms with Gasteiger partial charge in [0.05, 0.1) is 12.6 Å². The molecule has 1 N–H and O–H groups in total. The number of hydrogen-bond donors (Lipinski definition) is 1. The van der Waals surface area contributed by atoms with Crippen LogP contribution in [0.5, 0.6) is 0 Å². The van der Waals surface area contributed by atoms with E-state index in [1.807, 2.05) is 0 Å². The van der Waals surface area contributed by atoms with Crippen LogP contribution in [0.15, 0.2) is 21.3 Å². The molecule has 0 fully saturated rings. The van der Waals surface area contributed by atoms with E-state index in [0.717, 1.165) is 19.2 Å². The van der Waals surface area contributed by atoms with Gasteiger partial charge in [0.15, 0.2) is 5.76 Å². The van der Waals surface area contributed by atoms with Crippen LogP contribution in [-0.4, -0.2) is 31.7 Å². The Morgan fingerprint density at radius 2 is 2.12 bits per heavy atom. The van der Waals surface area contributed by atoms with Crippen LogP contribution >= 0.6 is 0 Å². The predicted octanol–water partition coefficient (Wildman–Crippen LogP) is 0.532. The van der Waals surface area contributed by atoms with Crippen LogP contribution < -0.4 is 11.0 Å². The van der Waals surface area contributed by atoms with Gasteiger partial charge in [-0.25, -0.2) is 9.48 Å². The van der Waals surface area contributed by atoms with E-state index in [0.29, 0.717) is 9.25 Å². The molecule has 13 heteroatoms. The Bertz CT molecular complexity index is 834. The molecule has 0 radical (unpaired) electrons. The molecule has 0 unspecified atom stereocenters. The summed E-state index contributed by atoms with van der Waals surface area (Å²) in [5.74, 6) is -3.15. The Labute approximate surface area is 130 Å². The first kappa shape index (κ1) is 17.2. The molecule has 0 saturated carbocycles. The van der Waals surface area contributed by atoms with E-state index in [1.54, 1.807) is 0 Å². The molecule has 0 aliphatic rings. The van der Waals surface area contributed by atoms with Crippen molar-refractivity contribution in [3.8, 4) is 0 Å². The van der Waals surface area contributed by atoms with Gasteiger partial charge in [-0.1, -0.05) is 0 Å². The fourth-order valence-corrected chi connectivity index (χ4v) is 1.79. The second kappa shape index (κ2) is 6.17. The van der Waals surface area contributed by atoms with Gasteiger partial charge >= 0.3 is 17.8 Å². The number of nitrogens with one attached hydrogen (secondary N) is 1. The second-order valence-electron chi connectivity index (χ2n) is 4.54. The molecule has 10 nitrogen and oxygen atoms in total. The van der Waals surface area contributed by atoms with Crippen molar-refractivity contribution in [1.82, 2.24) is 19.7 Å². The third-order valence-corrected chi connectivity index (χ3v) is 2.90. The van der Waals surface area contributed by atoms with Gasteiger partial charge in [0.1, 0.15) is 4.92 Å². The zero-order valence-corrected chi connectivity index (χ0v) is 12.0. The first-order chi connectivity index (χ1) is 11.1. The highest BCUT2D eigenvalue weighted by Gasteiger charge is 2.37. The number of nitrogens with zero attached hydrogens (tertiary/aromatic N) is 4. The van der Waals surface area contributed by atoms with Gasteiger partial charge in [0, 0.05) is 13.6 Å². The highest BCUT2D eigenvalue weighted by atomic mass is 19.4. The predicted molar refractivity (Wildman–Crippen MR) is 70.2 cm³/mol. The molecule has 130 valence electrons. The lowest BCUT2D eigenvalue weighted by Crippen LogP contribution is -2.31. The number of hydrogen-bond acceptors (Lipinski definition) is 6. The number of carbonyl (C=O) groups excluding carboxylic acids is 1. The molecule has 1 amide bonds. The fourth-order valence-electron chi connectivity index (χ4n) is 1.79. The molecule has 0 spiro atoms. The van der Waals surface area contributed by atoms with E-state index in [1.165, 1.54) is 0 Å². The molecule has 0 atom stereocenters. The lowest BCUT2D eigenvalue weighted by atomic mass is 10.4. The second-order valence-corrected chi connectivity index (χ2v) is 4.54. The number of carbonyl (C=O) groups is 1. The number of nitro groups is 1. The third kappa shape index (κ3) is 3.44. The number of rotatable bonds is 5. The summed E-state index contributed by atoms with van der Waals surface area (Å²) in [5, 5.41) is 15.8. The van der Waals surface area contributed by atoms with Crippen molar-refractivity contribution in [2.24, 2.45) is 7.05 Å². The number of amides is 1. The average molecular weight is 349 g/mol. The van der Waals surface area contributed by atoms with E-state index in [2.05, 4.69) is 14.8 Å². The normalized spacial score (nSPS) is 11.5. The maximum atomic E-state index is 12.6. The van der Waals surface area contributed by atoms with Gasteiger partial charge in [0.25, 0.3) is 5.91 Å². The summed E-state index contributed by atoms with van der Waals surface area (Å²) in [7, 11) is 0.926. The van der Waals surface area contributed by atoms with E-state index < -0.39 is 34.4 Å². The molecular formula is C11H10F3N5O5. The molecule has 2 rings (SSSR count). The van der Waals surface area contributed by atoms with Crippen LogP contribution in [0.4, 0.5) is 19.1 Å². The van der Waals surface area contributed by atoms with Gasteiger partial charge in [-0.3, -0.25) is 19.5 Å². The van der Waals surface area contributed by atoms with Crippen LogP contribution in [0.1, 0.15) is 16.4 Å². The average Bonchev–Trinajstić information content (AvgIpc) is 3.07. The standard InChI is InChI=1S/C11H10F3N5O5/c1-17-9(11(12,13)14)16-18(10(17)21)5-4-15-8(20)6-2-3-7(24-6)19(22)23/h2-3H,4-5H2,1H3,(H,15,20). The molecular weight excluding hydrogens is 339 g/mol. The van der Waals surface area contributed by atoms with Crippen molar-refractivity contribution in [3.63, 3.8) is 0 Å². The number of halogens is 3. The van der Waals surface area contributed by atoms with Crippen molar-refractivity contribution >= 4 is 11.8 Å². The smallest absolute Gasteiger partial charge is 0.395 e. The van der Waals surface area contributed by atoms with Gasteiger partial charge < -0.3 is 9.73 Å². The monoisotopic (exact) mass is 349 g/mol. The van der Waals surface area contributed by atoms with Crippen LogP contribution in [0.2, 0.25) is 0 Å². The summed E-state index contributed by atoms with van der Waals surface area (Å²) in [6.45, 7) is -0.557. The Balaban J connectivity index is 2.00. The van der Waals surface area contributed by atoms with Gasteiger partial charge in [-0.2, -0.15) is 13.2 Å². The summed E-state index contributed by atoms with van der Waals surface area (Å²) in [6.07, 6.45) is -4.78. The summed E-state index contributed by atoms with van der Waals surface area (Å²) in [4.78, 5) is 32.9. The molecule has 0 aromatic carbocycles. The minimum absolute atomic E-state index is 0.235. The van der Waals surface area contributed by atoms with Crippen molar-refractivity contribution in [2.75, 3.05) is 6.54 Å². The first-order valence-corrected chi connectivity index (χ1v) is 6.34. The molecule has 2 aromatic rings. The largest absolute Gasteiger partial charge is 0.451 e. The minimum atomic E-state index is -4.78. The van der Waals surface area contributed by atoms with Crippen LogP contribution in [0.3, 0.4) is 0 Å². The Morgan fingerprint density at radius 1 is 1.46 bits per heavy atom. The maximum absolute atomic E-state index is 12.6. The third-order valence-electron chi connectivity index (χ3n) is 2.90. The highest BCUT2D eigenvalue weighted by molar-refractivity contribution is 5.91. The summed E-state index contributed by atoms with van der Waals surface area (Å²) in [5.41, 5.74) is -0.995. The van der Waals surface area contributed by atoms with E-state index in [4.69, 9.17) is 0 Å². The van der Waals surface area contributed by atoms with Crippen molar-refractivity contribution in [2.45, 2.75) is 12.7 Å². The van der Waals surface area contributed by atoms with Crippen molar-refractivity contribution in [1.29, 1.82) is 0 Å². The molecule has 2 aromatic heterocycles. The number of alkyl halides is 3. The Morgan fingerprint density at radius 3 is 2.62 bits per heavy atom. The minimum Gasteiger partial charge on any atom is -0.395 e.